The van der Waals surface area contributed by atoms with Crippen molar-refractivity contribution in [1.82, 2.24) is 9.62 Å². The SMILES string of the molecule is Cc1c(N)cccc1S(=O)(=O)NCCC1CCN(C)CC1. The van der Waals surface area contributed by atoms with Crippen molar-refractivity contribution in [3.8, 4) is 0 Å². The monoisotopic (exact) mass is 311 g/mol. The Morgan fingerprint density at radius 2 is 2.00 bits per heavy atom. The minimum Gasteiger partial charge on any atom is -0.398 e. The predicted octanol–water partition coefficient (Wildman–Crippen LogP) is 1.59. The van der Waals surface area contributed by atoms with E-state index in [2.05, 4.69) is 16.7 Å². The van der Waals surface area contributed by atoms with Crippen molar-refractivity contribution in [2.45, 2.75) is 31.1 Å². The van der Waals surface area contributed by atoms with E-state index in [0.717, 1.165) is 32.4 Å². The fraction of sp³-hybridized carbons (Fsp3) is 0.600. The smallest absolute Gasteiger partial charge is 0.240 e. The number of nitrogens with zero attached hydrogens (tertiary/aromatic N) is 1. The number of rotatable bonds is 5. The van der Waals surface area contributed by atoms with E-state index < -0.39 is 10.0 Å². The van der Waals surface area contributed by atoms with Gasteiger partial charge >= 0.3 is 0 Å². The van der Waals surface area contributed by atoms with Gasteiger partial charge in [0.25, 0.3) is 0 Å². The van der Waals surface area contributed by atoms with Gasteiger partial charge in [0.05, 0.1) is 4.90 Å². The van der Waals surface area contributed by atoms with E-state index in [1.165, 1.54) is 0 Å². The zero-order valence-electron chi connectivity index (χ0n) is 12.8. The van der Waals surface area contributed by atoms with Crippen molar-refractivity contribution in [1.29, 1.82) is 0 Å². The molecule has 0 atom stereocenters. The number of hydrogen-bond acceptors (Lipinski definition) is 4. The lowest BCUT2D eigenvalue weighted by Gasteiger charge is -2.28. The standard InChI is InChI=1S/C15H25N3O2S/c1-12-14(16)4-3-5-15(12)21(19,20)17-9-6-13-7-10-18(2)11-8-13/h3-5,13,17H,6-11,16H2,1-2H3. The molecule has 6 heteroatoms. The summed E-state index contributed by atoms with van der Waals surface area (Å²) in [4.78, 5) is 2.60. The number of nitrogen functional groups attached to an aromatic ring is 1. The summed E-state index contributed by atoms with van der Waals surface area (Å²) >= 11 is 0. The van der Waals surface area contributed by atoms with E-state index in [4.69, 9.17) is 5.73 Å². The molecule has 0 bridgehead atoms. The fourth-order valence-corrected chi connectivity index (χ4v) is 4.07. The lowest BCUT2D eigenvalue weighted by molar-refractivity contribution is 0.213. The van der Waals surface area contributed by atoms with Gasteiger partial charge in [-0.1, -0.05) is 6.07 Å². The lowest BCUT2D eigenvalue weighted by Crippen LogP contribution is -2.32. The lowest BCUT2D eigenvalue weighted by atomic mass is 9.94. The van der Waals surface area contributed by atoms with Crippen LogP contribution in [0.4, 0.5) is 5.69 Å². The summed E-state index contributed by atoms with van der Waals surface area (Å²) in [6.45, 7) is 4.43. The maximum Gasteiger partial charge on any atom is 0.240 e. The normalized spacial score (nSPS) is 18.0. The number of nitrogens with two attached hydrogens (primary N) is 1. The van der Waals surface area contributed by atoms with Crippen LogP contribution in [0.5, 0.6) is 0 Å². The fourth-order valence-electron chi connectivity index (χ4n) is 2.75. The second-order valence-corrected chi connectivity index (χ2v) is 7.64. The molecule has 1 aromatic carbocycles. The van der Waals surface area contributed by atoms with Crippen LogP contribution in [-0.4, -0.2) is 40.0 Å². The van der Waals surface area contributed by atoms with Crippen molar-refractivity contribution >= 4 is 15.7 Å². The van der Waals surface area contributed by atoms with E-state index in [9.17, 15) is 8.42 Å². The zero-order valence-corrected chi connectivity index (χ0v) is 13.6. The van der Waals surface area contributed by atoms with Crippen molar-refractivity contribution in [3.05, 3.63) is 23.8 Å². The number of sulfonamides is 1. The van der Waals surface area contributed by atoms with Gasteiger partial charge in [-0.2, -0.15) is 0 Å². The molecule has 1 aliphatic heterocycles. The first-order valence-corrected chi connectivity index (χ1v) is 8.92. The number of anilines is 1. The first-order chi connectivity index (χ1) is 9.90. The Morgan fingerprint density at radius 1 is 1.33 bits per heavy atom. The molecule has 1 heterocycles. The van der Waals surface area contributed by atoms with E-state index >= 15 is 0 Å². The molecule has 1 aliphatic rings. The van der Waals surface area contributed by atoms with Gasteiger partial charge < -0.3 is 10.6 Å². The van der Waals surface area contributed by atoms with Gasteiger partial charge in [-0.15, -0.1) is 0 Å². The molecule has 1 aromatic rings. The van der Waals surface area contributed by atoms with Crippen LogP contribution in [0.3, 0.4) is 0 Å². The van der Waals surface area contributed by atoms with Crippen molar-refractivity contribution < 1.29 is 8.42 Å². The summed E-state index contributed by atoms with van der Waals surface area (Å²) in [7, 11) is -1.34. The number of nitrogens with one attached hydrogen (secondary N) is 1. The molecule has 0 spiro atoms. The molecule has 0 amide bonds. The summed E-state index contributed by atoms with van der Waals surface area (Å²) in [5.74, 6) is 0.617. The topological polar surface area (TPSA) is 75.4 Å². The molecule has 21 heavy (non-hydrogen) atoms. The van der Waals surface area contributed by atoms with Crippen LogP contribution in [0, 0.1) is 12.8 Å². The summed E-state index contributed by atoms with van der Waals surface area (Å²) < 4.78 is 27.4. The average Bonchev–Trinajstić information content (AvgIpc) is 2.44. The van der Waals surface area contributed by atoms with Crippen LogP contribution in [-0.2, 0) is 10.0 Å². The molecule has 3 N–H and O–H groups in total. The molecule has 0 radical (unpaired) electrons. The Labute approximate surface area is 127 Å². The van der Waals surface area contributed by atoms with Crippen molar-refractivity contribution in [2.75, 3.05) is 32.4 Å². The third-order valence-corrected chi connectivity index (χ3v) is 5.90. The van der Waals surface area contributed by atoms with Gasteiger partial charge in [-0.05, 0) is 69.9 Å². The Bertz CT molecular complexity index is 579. The molecule has 0 aromatic heterocycles. The minimum absolute atomic E-state index is 0.283. The Morgan fingerprint density at radius 3 is 2.67 bits per heavy atom. The molecule has 0 saturated carbocycles. The zero-order chi connectivity index (χ0) is 15.5. The maximum absolute atomic E-state index is 12.3. The van der Waals surface area contributed by atoms with Crippen molar-refractivity contribution in [3.63, 3.8) is 0 Å². The van der Waals surface area contributed by atoms with Gasteiger partial charge in [0.1, 0.15) is 0 Å². The number of likely N-dealkylation sites (tertiary alicyclic amines) is 1. The van der Waals surface area contributed by atoms with E-state index in [1.807, 2.05) is 0 Å². The highest BCUT2D eigenvalue weighted by atomic mass is 32.2. The van der Waals surface area contributed by atoms with E-state index in [0.29, 0.717) is 23.7 Å². The second-order valence-electron chi connectivity index (χ2n) is 5.90. The van der Waals surface area contributed by atoms with E-state index in [1.54, 1.807) is 25.1 Å². The van der Waals surface area contributed by atoms with Crippen LogP contribution >= 0.6 is 0 Å². The maximum atomic E-state index is 12.3. The largest absolute Gasteiger partial charge is 0.398 e. The average molecular weight is 311 g/mol. The van der Waals surface area contributed by atoms with Crippen molar-refractivity contribution in [2.24, 2.45) is 5.92 Å². The van der Waals surface area contributed by atoms with Crippen LogP contribution < -0.4 is 10.5 Å². The highest BCUT2D eigenvalue weighted by molar-refractivity contribution is 7.89. The Kier molecular flexibility index (Phi) is 5.24. The molecular weight excluding hydrogens is 286 g/mol. The molecule has 1 saturated heterocycles. The minimum atomic E-state index is -3.47. The Hall–Kier alpha value is -1.11. The van der Waals surface area contributed by atoms with Crippen LogP contribution in [0.15, 0.2) is 23.1 Å². The molecule has 0 aliphatic carbocycles. The van der Waals surface area contributed by atoms with Gasteiger partial charge in [-0.25, -0.2) is 13.1 Å². The number of piperidine rings is 1. The quantitative estimate of drug-likeness (QED) is 0.810. The molecule has 2 rings (SSSR count). The molecule has 118 valence electrons. The third kappa shape index (κ3) is 4.18. The van der Waals surface area contributed by atoms with Gasteiger partial charge in [-0.3, -0.25) is 0 Å². The van der Waals surface area contributed by atoms with Crippen LogP contribution in [0.1, 0.15) is 24.8 Å². The number of hydrogen-bond donors (Lipinski definition) is 2. The summed E-state index contributed by atoms with van der Waals surface area (Å²) in [6.07, 6.45) is 3.19. The summed E-state index contributed by atoms with van der Waals surface area (Å²) in [5.41, 5.74) is 6.90. The molecule has 0 unspecified atom stereocenters. The number of benzene rings is 1. The summed E-state index contributed by atoms with van der Waals surface area (Å²) in [5, 5.41) is 0. The predicted molar refractivity (Wildman–Crippen MR) is 85.6 cm³/mol. The Balaban J connectivity index is 1.91. The summed E-state index contributed by atoms with van der Waals surface area (Å²) in [6, 6.07) is 4.99. The van der Waals surface area contributed by atoms with Crippen LogP contribution in [0.2, 0.25) is 0 Å². The van der Waals surface area contributed by atoms with E-state index in [-0.39, 0.29) is 4.90 Å². The highest BCUT2D eigenvalue weighted by Crippen LogP contribution is 2.21. The molecule has 1 fully saturated rings. The van der Waals surface area contributed by atoms with Crippen LogP contribution in [0.25, 0.3) is 0 Å². The molecule has 5 nitrogen and oxygen atoms in total. The first-order valence-electron chi connectivity index (χ1n) is 7.43. The van der Waals surface area contributed by atoms with Gasteiger partial charge in [0.2, 0.25) is 10.0 Å². The first kappa shape index (κ1) is 16.3. The highest BCUT2D eigenvalue weighted by Gasteiger charge is 2.20. The molecular formula is C15H25N3O2S. The second kappa shape index (κ2) is 6.77. The van der Waals surface area contributed by atoms with Gasteiger partial charge in [0.15, 0.2) is 0 Å². The third-order valence-electron chi connectivity index (χ3n) is 4.30. The van der Waals surface area contributed by atoms with Gasteiger partial charge in [0, 0.05) is 12.2 Å².